The van der Waals surface area contributed by atoms with Crippen molar-refractivity contribution >= 4 is 11.9 Å². The Morgan fingerprint density at radius 3 is 2.33 bits per heavy atom. The van der Waals surface area contributed by atoms with Crippen molar-refractivity contribution < 1.29 is 19.1 Å². The molecule has 21 heavy (non-hydrogen) atoms. The molecule has 0 heterocycles. The molecule has 0 aromatic rings. The number of rotatable bonds is 6. The maximum Gasteiger partial charge on any atom is 0.327 e. The normalized spacial score (nSPS) is 18.8. The Morgan fingerprint density at radius 2 is 1.86 bits per heavy atom. The first-order valence-electron chi connectivity index (χ1n) is 7.31. The van der Waals surface area contributed by atoms with Gasteiger partial charge in [-0.1, -0.05) is 29.4 Å². The summed E-state index contributed by atoms with van der Waals surface area (Å²) in [6, 6.07) is 0. The van der Waals surface area contributed by atoms with Crippen LogP contribution in [0.2, 0.25) is 0 Å². The Morgan fingerprint density at radius 1 is 1.29 bits per heavy atom. The van der Waals surface area contributed by atoms with Gasteiger partial charge in [-0.05, 0) is 40.0 Å². The molecule has 1 aliphatic rings. The maximum absolute atomic E-state index is 12.4. The van der Waals surface area contributed by atoms with Gasteiger partial charge in [0.25, 0.3) is 0 Å². The van der Waals surface area contributed by atoms with Crippen molar-refractivity contribution in [2.24, 2.45) is 5.41 Å². The number of ether oxygens (including phenoxy) is 2. The lowest BCUT2D eigenvalue weighted by Crippen LogP contribution is -2.42. The third kappa shape index (κ3) is 4.06. The molecule has 0 amide bonds. The monoisotopic (exact) mass is 292 g/mol. The van der Waals surface area contributed by atoms with Gasteiger partial charge in [-0.25, -0.2) is 0 Å². The Bertz CT molecular complexity index is 453. The zero-order valence-corrected chi connectivity index (χ0v) is 13.1. The fraction of sp³-hybridized carbons (Fsp3) is 0.529. The molecule has 0 saturated carbocycles. The maximum atomic E-state index is 12.4. The number of hydrogen-bond donors (Lipinski definition) is 0. The van der Waals surface area contributed by atoms with Gasteiger partial charge in [-0.15, -0.1) is 6.58 Å². The van der Waals surface area contributed by atoms with Gasteiger partial charge >= 0.3 is 11.9 Å². The first kappa shape index (κ1) is 17.2. The molecular formula is C17H24O4. The van der Waals surface area contributed by atoms with Crippen molar-refractivity contribution in [3.05, 3.63) is 36.0 Å². The van der Waals surface area contributed by atoms with Gasteiger partial charge in [0.15, 0.2) is 5.41 Å². The Labute approximate surface area is 126 Å². The van der Waals surface area contributed by atoms with Crippen molar-refractivity contribution in [1.29, 1.82) is 0 Å². The molecule has 0 aromatic carbocycles. The fourth-order valence-corrected chi connectivity index (χ4v) is 2.56. The summed E-state index contributed by atoms with van der Waals surface area (Å²) < 4.78 is 10.2. The largest absolute Gasteiger partial charge is 0.465 e. The molecule has 0 unspecified atom stereocenters. The lowest BCUT2D eigenvalue weighted by atomic mass is 9.74. The molecule has 0 aromatic heterocycles. The van der Waals surface area contributed by atoms with Crippen molar-refractivity contribution in [2.75, 3.05) is 13.2 Å². The Kier molecular flexibility index (Phi) is 6.40. The van der Waals surface area contributed by atoms with Crippen LogP contribution in [0.5, 0.6) is 0 Å². The number of hydrogen-bond acceptors (Lipinski definition) is 4. The second kappa shape index (κ2) is 7.81. The predicted molar refractivity (Wildman–Crippen MR) is 81.6 cm³/mol. The molecule has 1 rings (SSSR count). The minimum Gasteiger partial charge on any atom is -0.465 e. The highest BCUT2D eigenvalue weighted by atomic mass is 16.6. The van der Waals surface area contributed by atoms with E-state index in [-0.39, 0.29) is 13.2 Å². The lowest BCUT2D eigenvalue weighted by molar-refractivity contribution is -0.168. The van der Waals surface area contributed by atoms with Gasteiger partial charge in [0.2, 0.25) is 0 Å². The minimum absolute atomic E-state index is 0.235. The van der Waals surface area contributed by atoms with E-state index in [1.54, 1.807) is 26.0 Å². The van der Waals surface area contributed by atoms with E-state index < -0.39 is 17.4 Å². The average molecular weight is 292 g/mol. The molecule has 0 saturated heterocycles. The molecule has 0 spiro atoms. The van der Waals surface area contributed by atoms with Crippen LogP contribution in [0.4, 0.5) is 0 Å². The van der Waals surface area contributed by atoms with Crippen molar-refractivity contribution in [2.45, 2.75) is 40.0 Å². The molecule has 0 N–H and O–H groups in total. The zero-order chi connectivity index (χ0) is 15.9. The number of allylic oxidation sites excluding steroid dienone is 4. The molecule has 0 bridgehead atoms. The van der Waals surface area contributed by atoms with E-state index in [4.69, 9.17) is 9.47 Å². The van der Waals surface area contributed by atoms with Crippen molar-refractivity contribution in [3.8, 4) is 0 Å². The molecule has 4 heteroatoms. The molecule has 0 aliphatic heterocycles. The summed E-state index contributed by atoms with van der Waals surface area (Å²) in [4.78, 5) is 24.8. The summed E-state index contributed by atoms with van der Waals surface area (Å²) in [5.41, 5.74) is 0.662. The first-order chi connectivity index (χ1) is 10.00. The van der Waals surface area contributed by atoms with E-state index in [1.165, 1.54) is 0 Å². The summed E-state index contributed by atoms with van der Waals surface area (Å²) >= 11 is 0. The van der Waals surface area contributed by atoms with Crippen LogP contribution in [0.15, 0.2) is 36.0 Å². The summed E-state index contributed by atoms with van der Waals surface area (Å²) in [7, 11) is 0. The van der Waals surface area contributed by atoms with Gasteiger partial charge in [-0.3, -0.25) is 9.59 Å². The third-order valence-corrected chi connectivity index (χ3v) is 3.36. The fourth-order valence-electron chi connectivity index (χ4n) is 2.56. The highest BCUT2D eigenvalue weighted by molar-refractivity contribution is 6.03. The van der Waals surface area contributed by atoms with E-state index in [0.29, 0.717) is 12.8 Å². The molecule has 0 atom stereocenters. The molecule has 0 radical (unpaired) electrons. The number of carbonyl (C=O) groups excluding carboxylic acids is 2. The standard InChI is InChI=1S/C17H24O4/c1-5-8-9-14-10-13(4)11-17(12-14,15(18)20-6-2)16(19)21-7-3/h5,9,11H,1,6-8,10,12H2,2-4H3/b14-9+. The first-order valence-corrected chi connectivity index (χ1v) is 7.31. The molecule has 4 nitrogen and oxygen atoms in total. The zero-order valence-electron chi connectivity index (χ0n) is 13.1. The second-order valence-electron chi connectivity index (χ2n) is 5.14. The van der Waals surface area contributed by atoms with E-state index >= 15 is 0 Å². The highest BCUT2D eigenvalue weighted by Gasteiger charge is 2.49. The van der Waals surface area contributed by atoms with Crippen LogP contribution in [0.1, 0.15) is 40.0 Å². The van der Waals surface area contributed by atoms with Crippen LogP contribution in [0.3, 0.4) is 0 Å². The van der Waals surface area contributed by atoms with Crippen molar-refractivity contribution in [1.82, 2.24) is 0 Å². The number of esters is 2. The number of carbonyl (C=O) groups is 2. The van der Waals surface area contributed by atoms with E-state index in [1.807, 2.05) is 13.0 Å². The average Bonchev–Trinajstić information content (AvgIpc) is 2.44. The van der Waals surface area contributed by atoms with Crippen LogP contribution < -0.4 is 0 Å². The van der Waals surface area contributed by atoms with Crippen LogP contribution in [0, 0.1) is 5.41 Å². The predicted octanol–water partition coefficient (Wildman–Crippen LogP) is 3.34. The van der Waals surface area contributed by atoms with Gasteiger partial charge in [-0.2, -0.15) is 0 Å². The molecule has 116 valence electrons. The van der Waals surface area contributed by atoms with Crippen LogP contribution in [0.25, 0.3) is 0 Å². The van der Waals surface area contributed by atoms with E-state index in [0.717, 1.165) is 17.6 Å². The lowest BCUT2D eigenvalue weighted by Gasteiger charge is -2.31. The van der Waals surface area contributed by atoms with Gasteiger partial charge in [0.05, 0.1) is 13.2 Å². The molecular weight excluding hydrogens is 268 g/mol. The smallest absolute Gasteiger partial charge is 0.327 e. The molecule has 1 aliphatic carbocycles. The molecule has 0 fully saturated rings. The van der Waals surface area contributed by atoms with Gasteiger partial charge in [0, 0.05) is 0 Å². The second-order valence-corrected chi connectivity index (χ2v) is 5.14. The Balaban J connectivity index is 3.21. The van der Waals surface area contributed by atoms with Crippen LogP contribution >= 0.6 is 0 Å². The van der Waals surface area contributed by atoms with Gasteiger partial charge < -0.3 is 9.47 Å². The van der Waals surface area contributed by atoms with Gasteiger partial charge in [0.1, 0.15) is 0 Å². The summed E-state index contributed by atoms with van der Waals surface area (Å²) in [6.45, 7) is 9.52. The summed E-state index contributed by atoms with van der Waals surface area (Å²) in [6.07, 6.45) is 7.29. The minimum atomic E-state index is -1.35. The quantitative estimate of drug-likeness (QED) is 0.428. The Hall–Kier alpha value is -1.84. The third-order valence-electron chi connectivity index (χ3n) is 3.36. The summed E-state index contributed by atoms with van der Waals surface area (Å²) in [5.74, 6) is -1.07. The van der Waals surface area contributed by atoms with Crippen molar-refractivity contribution in [3.63, 3.8) is 0 Å². The van der Waals surface area contributed by atoms with Crippen LogP contribution in [-0.4, -0.2) is 25.2 Å². The highest BCUT2D eigenvalue weighted by Crippen LogP contribution is 2.40. The topological polar surface area (TPSA) is 52.6 Å². The SMILES string of the molecule is C=CC/C=C1\CC(C)=CC(C(=O)OCC)(C(=O)OCC)C1. The van der Waals surface area contributed by atoms with Crippen LogP contribution in [-0.2, 0) is 19.1 Å². The van der Waals surface area contributed by atoms with E-state index in [2.05, 4.69) is 6.58 Å². The van der Waals surface area contributed by atoms with E-state index in [9.17, 15) is 9.59 Å². The summed E-state index contributed by atoms with van der Waals surface area (Å²) in [5, 5.41) is 0.